The Bertz CT molecular complexity index is 488. The molecule has 0 saturated carbocycles. The minimum absolute atomic E-state index is 0.100. The van der Waals surface area contributed by atoms with Gasteiger partial charge in [0.15, 0.2) is 6.29 Å². The van der Waals surface area contributed by atoms with E-state index in [1.54, 1.807) is 29.2 Å². The smallest absolute Gasteiger partial charge is 0.153 e. The average molecular weight is 224 g/mol. The van der Waals surface area contributed by atoms with Gasteiger partial charge in [0.05, 0.1) is 5.56 Å². The van der Waals surface area contributed by atoms with Gasteiger partial charge in [-0.3, -0.25) is 4.79 Å². The van der Waals surface area contributed by atoms with Crippen molar-refractivity contribution < 1.29 is 9.90 Å². The largest absolute Gasteiger partial charge is 0.506 e. The topological polar surface area (TPSA) is 37.3 Å². The summed E-state index contributed by atoms with van der Waals surface area (Å²) in [5, 5.41) is 12.6. The van der Waals surface area contributed by atoms with Crippen LogP contribution in [0.3, 0.4) is 0 Å². The molecular formula is C10H8O2S2. The number of aldehydes is 1. The van der Waals surface area contributed by atoms with E-state index in [4.69, 9.17) is 0 Å². The quantitative estimate of drug-likeness (QED) is 0.629. The van der Waals surface area contributed by atoms with E-state index < -0.39 is 0 Å². The number of hydrogen-bond donors (Lipinski definition) is 1. The van der Waals surface area contributed by atoms with Crippen molar-refractivity contribution in [3.63, 3.8) is 0 Å². The van der Waals surface area contributed by atoms with Crippen LogP contribution in [0.2, 0.25) is 0 Å². The summed E-state index contributed by atoms with van der Waals surface area (Å²) in [6.07, 6.45) is 2.63. The average Bonchev–Trinajstić information content (AvgIpc) is 2.62. The van der Waals surface area contributed by atoms with E-state index >= 15 is 0 Å². The molecule has 0 aliphatic rings. The second-order valence-electron chi connectivity index (χ2n) is 2.80. The van der Waals surface area contributed by atoms with Gasteiger partial charge < -0.3 is 5.11 Å². The van der Waals surface area contributed by atoms with Gasteiger partial charge in [0.2, 0.25) is 0 Å². The molecule has 4 heteroatoms. The summed E-state index contributed by atoms with van der Waals surface area (Å²) in [4.78, 5) is 11.6. The summed E-state index contributed by atoms with van der Waals surface area (Å²) in [5.74, 6) is 0.100. The van der Waals surface area contributed by atoms with Crippen molar-refractivity contribution in [1.82, 2.24) is 0 Å². The first-order valence-corrected chi connectivity index (χ1v) is 6.10. The summed E-state index contributed by atoms with van der Waals surface area (Å²) in [6.45, 7) is 0. The Hall–Kier alpha value is -1.00. The van der Waals surface area contributed by atoms with Gasteiger partial charge in [0.1, 0.15) is 5.75 Å². The van der Waals surface area contributed by atoms with Crippen LogP contribution < -0.4 is 0 Å². The molecule has 0 unspecified atom stereocenters. The van der Waals surface area contributed by atoms with Gasteiger partial charge in [-0.05, 0) is 18.4 Å². The third-order valence-corrected chi connectivity index (χ3v) is 3.92. The van der Waals surface area contributed by atoms with Crippen molar-refractivity contribution in [1.29, 1.82) is 0 Å². The summed E-state index contributed by atoms with van der Waals surface area (Å²) in [7, 11) is 0. The Morgan fingerprint density at radius 3 is 2.93 bits per heavy atom. The number of carbonyl (C=O) groups is 1. The van der Waals surface area contributed by atoms with Crippen LogP contribution in [0.25, 0.3) is 10.1 Å². The second kappa shape index (κ2) is 3.63. The van der Waals surface area contributed by atoms with E-state index in [9.17, 15) is 9.90 Å². The Morgan fingerprint density at radius 2 is 2.29 bits per heavy atom. The van der Waals surface area contributed by atoms with E-state index in [0.29, 0.717) is 11.8 Å². The van der Waals surface area contributed by atoms with Gasteiger partial charge in [-0.2, -0.15) is 0 Å². The van der Waals surface area contributed by atoms with Crippen LogP contribution in [0.1, 0.15) is 10.4 Å². The fourth-order valence-corrected chi connectivity index (χ4v) is 3.17. The van der Waals surface area contributed by atoms with Crippen LogP contribution in [0.4, 0.5) is 0 Å². The maximum atomic E-state index is 10.6. The van der Waals surface area contributed by atoms with E-state index in [1.807, 2.05) is 17.7 Å². The molecule has 0 spiro atoms. The van der Waals surface area contributed by atoms with E-state index in [-0.39, 0.29) is 5.75 Å². The predicted octanol–water partition coefficient (Wildman–Crippen LogP) is 3.14. The molecule has 2 aromatic rings. The normalized spacial score (nSPS) is 10.6. The Morgan fingerprint density at radius 1 is 1.50 bits per heavy atom. The number of rotatable bonds is 2. The van der Waals surface area contributed by atoms with Gasteiger partial charge in [-0.15, -0.1) is 23.1 Å². The molecule has 0 bridgehead atoms. The molecule has 1 aromatic carbocycles. The number of phenolic OH excluding ortho intramolecular Hbond substituents is 1. The molecule has 1 aromatic heterocycles. The Kier molecular flexibility index (Phi) is 2.48. The summed E-state index contributed by atoms with van der Waals surface area (Å²) < 4.78 is 1.01. The number of fused-ring (bicyclic) bond motifs is 1. The fraction of sp³-hybridized carbons (Fsp3) is 0.100. The van der Waals surface area contributed by atoms with Gasteiger partial charge >= 0.3 is 0 Å². The van der Waals surface area contributed by atoms with Gasteiger partial charge in [0.25, 0.3) is 0 Å². The van der Waals surface area contributed by atoms with Crippen LogP contribution in [0.15, 0.2) is 22.4 Å². The Labute approximate surface area is 89.6 Å². The number of thioether (sulfide) groups is 1. The molecule has 2 nitrogen and oxygen atoms in total. The van der Waals surface area contributed by atoms with Crippen molar-refractivity contribution in [2.45, 2.75) is 4.90 Å². The minimum Gasteiger partial charge on any atom is -0.506 e. The van der Waals surface area contributed by atoms with Crippen LogP contribution in [-0.4, -0.2) is 17.6 Å². The van der Waals surface area contributed by atoms with Gasteiger partial charge in [-0.25, -0.2) is 0 Å². The first-order valence-electron chi connectivity index (χ1n) is 4.00. The number of benzene rings is 1. The number of thiophene rings is 1. The van der Waals surface area contributed by atoms with Crippen molar-refractivity contribution in [3.05, 3.63) is 23.1 Å². The zero-order valence-corrected chi connectivity index (χ0v) is 9.11. The highest BCUT2D eigenvalue weighted by Gasteiger charge is 2.11. The molecule has 0 radical (unpaired) electrons. The van der Waals surface area contributed by atoms with Crippen molar-refractivity contribution in [2.75, 3.05) is 6.26 Å². The second-order valence-corrected chi connectivity index (χ2v) is 4.56. The molecule has 0 fully saturated rings. The standard InChI is InChI=1S/C10H8O2S2/c1-13-8-5-14-7-3-2-6(4-11)10(12)9(7)8/h2-5,12H,1H3. The first kappa shape index (κ1) is 9.55. The number of carbonyl (C=O) groups excluding carboxylic acids is 1. The maximum Gasteiger partial charge on any atom is 0.153 e. The lowest BCUT2D eigenvalue weighted by Crippen LogP contribution is -1.81. The summed E-state index contributed by atoms with van der Waals surface area (Å²) in [6, 6.07) is 3.51. The molecule has 0 saturated heterocycles. The van der Waals surface area contributed by atoms with Gasteiger partial charge in [0, 0.05) is 20.4 Å². The highest BCUT2D eigenvalue weighted by Crippen LogP contribution is 2.39. The lowest BCUT2D eigenvalue weighted by Gasteiger charge is -2.00. The molecule has 1 N–H and O–H groups in total. The summed E-state index contributed by atoms with van der Waals surface area (Å²) >= 11 is 3.15. The minimum atomic E-state index is 0.100. The SMILES string of the molecule is CSc1csc2ccc(C=O)c(O)c12. The Balaban J connectivity index is 2.83. The van der Waals surface area contributed by atoms with Crippen LogP contribution >= 0.6 is 23.1 Å². The predicted molar refractivity (Wildman–Crippen MR) is 60.7 cm³/mol. The molecule has 14 heavy (non-hydrogen) atoms. The molecule has 0 amide bonds. The highest BCUT2D eigenvalue weighted by atomic mass is 32.2. The van der Waals surface area contributed by atoms with Crippen LogP contribution in [0, 0.1) is 0 Å². The molecule has 2 rings (SSSR count). The molecule has 0 aliphatic carbocycles. The number of aromatic hydroxyl groups is 1. The third-order valence-electron chi connectivity index (χ3n) is 2.06. The summed E-state index contributed by atoms with van der Waals surface area (Å²) in [5.41, 5.74) is 0.353. The lowest BCUT2D eigenvalue weighted by atomic mass is 10.1. The molecule has 1 heterocycles. The van der Waals surface area contributed by atoms with Gasteiger partial charge in [-0.1, -0.05) is 0 Å². The monoisotopic (exact) mass is 224 g/mol. The number of phenols is 1. The van der Waals surface area contributed by atoms with Crippen molar-refractivity contribution in [3.8, 4) is 5.75 Å². The first-order chi connectivity index (χ1) is 6.77. The van der Waals surface area contributed by atoms with Crippen LogP contribution in [-0.2, 0) is 0 Å². The zero-order chi connectivity index (χ0) is 10.1. The molecule has 72 valence electrons. The highest BCUT2D eigenvalue weighted by molar-refractivity contribution is 7.99. The van der Waals surface area contributed by atoms with E-state index in [1.165, 1.54) is 0 Å². The zero-order valence-electron chi connectivity index (χ0n) is 7.48. The third kappa shape index (κ3) is 1.31. The van der Waals surface area contributed by atoms with Crippen molar-refractivity contribution >= 4 is 39.5 Å². The maximum absolute atomic E-state index is 10.6. The van der Waals surface area contributed by atoms with E-state index in [2.05, 4.69) is 0 Å². The lowest BCUT2D eigenvalue weighted by molar-refractivity contribution is 0.112. The molecule has 0 atom stereocenters. The fourth-order valence-electron chi connectivity index (χ4n) is 1.35. The molecule has 0 aliphatic heterocycles. The van der Waals surface area contributed by atoms with Crippen LogP contribution in [0.5, 0.6) is 5.75 Å². The molecular weight excluding hydrogens is 216 g/mol. The number of hydrogen-bond acceptors (Lipinski definition) is 4. The van der Waals surface area contributed by atoms with E-state index in [0.717, 1.165) is 15.0 Å². The van der Waals surface area contributed by atoms with Crippen molar-refractivity contribution in [2.24, 2.45) is 0 Å².